The molecule has 8 heavy (non-hydrogen) atoms. The summed E-state index contributed by atoms with van der Waals surface area (Å²) in [6.07, 6.45) is 6.18. The van der Waals surface area contributed by atoms with Crippen LogP contribution in [0.5, 0.6) is 0 Å². The first-order valence-corrected chi connectivity index (χ1v) is 6.38. The predicted octanol–water partition coefficient (Wildman–Crippen LogP) is 1.92. The molecule has 0 radical (unpaired) electrons. The van der Waals surface area contributed by atoms with Gasteiger partial charge in [0.05, 0.1) is 0 Å². The van der Waals surface area contributed by atoms with Gasteiger partial charge in [0.15, 0.2) is 0 Å². The predicted molar refractivity (Wildman–Crippen MR) is 42.8 cm³/mol. The van der Waals surface area contributed by atoms with Crippen molar-refractivity contribution in [3.63, 3.8) is 0 Å². The van der Waals surface area contributed by atoms with Gasteiger partial charge in [-0.1, -0.05) is 0 Å². The Morgan fingerprint density at radius 1 is 1.25 bits per heavy atom. The maximum absolute atomic E-state index is 3.64. The third-order valence-electron chi connectivity index (χ3n) is 0.665. The van der Waals surface area contributed by atoms with E-state index in [4.69, 9.17) is 0 Å². The van der Waals surface area contributed by atoms with Crippen LogP contribution in [-0.4, -0.2) is 27.4 Å². The zero-order chi connectivity index (χ0) is 6.41. The molecule has 0 rings (SSSR count). The normalized spacial score (nSPS) is 8.00. The number of hydrogen-bond acceptors (Lipinski definition) is 0. The SMILES string of the molecule is C=CC[P+](=[Se])CC=C. The fourth-order valence-corrected chi connectivity index (χ4v) is 2.41. The van der Waals surface area contributed by atoms with Gasteiger partial charge in [-0.05, 0) is 0 Å². The minimum atomic E-state index is 0.0581. The van der Waals surface area contributed by atoms with Gasteiger partial charge >= 0.3 is 58.9 Å². The summed E-state index contributed by atoms with van der Waals surface area (Å²) in [5, 5.41) is 0. The molecular formula is C6H10PSe+. The van der Waals surface area contributed by atoms with E-state index in [1.54, 1.807) is 0 Å². The number of allylic oxidation sites excluding steroid dienone is 2. The molecule has 0 aliphatic heterocycles. The van der Waals surface area contributed by atoms with Crippen molar-refractivity contribution in [3.8, 4) is 0 Å². The van der Waals surface area contributed by atoms with E-state index in [9.17, 15) is 0 Å². The molecule has 0 aromatic carbocycles. The Kier molecular flexibility index (Phi) is 5.64. The first-order chi connectivity index (χ1) is 3.81. The van der Waals surface area contributed by atoms with E-state index in [0.717, 1.165) is 12.3 Å². The van der Waals surface area contributed by atoms with Gasteiger partial charge in [-0.25, -0.2) is 0 Å². The molecule has 0 amide bonds. The summed E-state index contributed by atoms with van der Waals surface area (Å²) in [5.74, 6) is 0. The summed E-state index contributed by atoms with van der Waals surface area (Å²) in [4.78, 5) is 0. The van der Waals surface area contributed by atoms with Crippen molar-refractivity contribution in [2.75, 3.05) is 12.3 Å². The molecular weight excluding hydrogens is 182 g/mol. The second-order valence-corrected chi connectivity index (χ2v) is 6.37. The first-order valence-electron chi connectivity index (χ1n) is 2.45. The van der Waals surface area contributed by atoms with E-state index in [2.05, 4.69) is 28.3 Å². The van der Waals surface area contributed by atoms with Crippen LogP contribution < -0.4 is 0 Å². The van der Waals surface area contributed by atoms with Crippen molar-refractivity contribution in [1.29, 1.82) is 0 Å². The Morgan fingerprint density at radius 2 is 1.62 bits per heavy atom. The molecule has 0 N–H and O–H groups in total. The number of rotatable bonds is 4. The molecule has 44 valence electrons. The van der Waals surface area contributed by atoms with Crippen molar-refractivity contribution >= 4 is 21.3 Å². The van der Waals surface area contributed by atoms with Crippen molar-refractivity contribution < 1.29 is 0 Å². The topological polar surface area (TPSA) is 0 Å². The van der Waals surface area contributed by atoms with Crippen LogP contribution in [0.4, 0.5) is 0 Å². The molecule has 0 aromatic heterocycles. The molecule has 0 aliphatic carbocycles. The Morgan fingerprint density at radius 3 is 1.88 bits per heavy atom. The van der Waals surface area contributed by atoms with Gasteiger partial charge in [-0.2, -0.15) is 0 Å². The van der Waals surface area contributed by atoms with Crippen molar-refractivity contribution in [1.82, 2.24) is 0 Å². The summed E-state index contributed by atoms with van der Waals surface area (Å²) in [7, 11) is 0. The fourth-order valence-electron chi connectivity index (χ4n) is 0.363. The molecule has 0 bridgehead atoms. The Labute approximate surface area is 59.3 Å². The van der Waals surface area contributed by atoms with E-state index >= 15 is 0 Å². The fraction of sp³-hybridized carbons (Fsp3) is 0.333. The standard InChI is InChI=1S/C6H10PSe/c1-3-5-7(8)6-4-2/h3-4H,1-2,5-6H2/q+1. The van der Waals surface area contributed by atoms with Crippen molar-refractivity contribution in [2.45, 2.75) is 0 Å². The van der Waals surface area contributed by atoms with E-state index in [1.165, 1.54) is 0 Å². The van der Waals surface area contributed by atoms with Crippen LogP contribution in [0.1, 0.15) is 0 Å². The van der Waals surface area contributed by atoms with Gasteiger partial charge in [-0.15, -0.1) is 0 Å². The molecule has 0 aromatic rings. The molecule has 0 fully saturated rings. The summed E-state index contributed by atoms with van der Waals surface area (Å²) in [6, 6.07) is 0. The van der Waals surface area contributed by atoms with Crippen LogP contribution in [0.3, 0.4) is 0 Å². The van der Waals surface area contributed by atoms with Gasteiger partial charge in [0.25, 0.3) is 0 Å². The van der Waals surface area contributed by atoms with Crippen LogP contribution in [0, 0.1) is 0 Å². The Bertz CT molecular complexity index is 95.1. The molecule has 0 aliphatic rings. The van der Waals surface area contributed by atoms with E-state index in [1.807, 2.05) is 12.2 Å². The molecule has 0 heterocycles. The van der Waals surface area contributed by atoms with Crippen LogP contribution >= 0.6 is 6.17 Å². The zero-order valence-electron chi connectivity index (χ0n) is 4.84. The monoisotopic (exact) mass is 193 g/mol. The molecule has 0 saturated carbocycles. The molecule has 0 spiro atoms. The second kappa shape index (κ2) is 5.44. The third-order valence-corrected chi connectivity index (χ3v) is 3.87. The second-order valence-electron chi connectivity index (χ2n) is 1.42. The average Bonchev–Trinajstić information content (AvgIpc) is 1.68. The first kappa shape index (κ1) is 8.30. The maximum atomic E-state index is 3.64. The van der Waals surface area contributed by atoms with Gasteiger partial charge < -0.3 is 0 Å². The third kappa shape index (κ3) is 4.46. The van der Waals surface area contributed by atoms with Gasteiger partial charge in [0, 0.05) is 0 Å². The van der Waals surface area contributed by atoms with E-state index < -0.39 is 0 Å². The minimum absolute atomic E-state index is 0.0581. The molecule has 0 atom stereocenters. The summed E-state index contributed by atoms with van der Waals surface area (Å²) < 4.78 is 0. The molecule has 2 heteroatoms. The van der Waals surface area contributed by atoms with Gasteiger partial charge in [0.1, 0.15) is 0 Å². The van der Waals surface area contributed by atoms with E-state index in [-0.39, 0.29) is 6.17 Å². The van der Waals surface area contributed by atoms with Crippen LogP contribution in [0.2, 0.25) is 0 Å². The van der Waals surface area contributed by atoms with E-state index in [0.29, 0.717) is 0 Å². The molecule has 0 nitrogen and oxygen atoms in total. The zero-order valence-corrected chi connectivity index (χ0v) is 7.45. The average molecular weight is 192 g/mol. The van der Waals surface area contributed by atoms with Crippen molar-refractivity contribution in [2.24, 2.45) is 0 Å². The Balaban J connectivity index is 3.32. The van der Waals surface area contributed by atoms with Crippen LogP contribution in [0.15, 0.2) is 25.3 Å². The van der Waals surface area contributed by atoms with Crippen LogP contribution in [0.25, 0.3) is 0 Å². The van der Waals surface area contributed by atoms with Crippen molar-refractivity contribution in [3.05, 3.63) is 25.3 Å². The summed E-state index contributed by atoms with van der Waals surface area (Å²) in [6.45, 7) is 7.29. The van der Waals surface area contributed by atoms with Crippen LogP contribution in [-0.2, 0) is 0 Å². The number of hydrogen-bond donors (Lipinski definition) is 0. The molecule has 0 saturated heterocycles. The summed E-state index contributed by atoms with van der Waals surface area (Å²) in [5.41, 5.74) is 0. The Hall–Kier alpha value is 0.299. The summed E-state index contributed by atoms with van der Waals surface area (Å²) >= 11 is 3.10. The van der Waals surface area contributed by atoms with Gasteiger partial charge in [0.2, 0.25) is 0 Å². The molecule has 0 unspecified atom stereocenters. The van der Waals surface area contributed by atoms with Gasteiger partial charge in [-0.3, -0.25) is 0 Å². The quantitative estimate of drug-likeness (QED) is 0.362.